The molecule has 2 aromatic heterocycles. The van der Waals surface area contributed by atoms with Gasteiger partial charge in [0.1, 0.15) is 0 Å². The maximum absolute atomic E-state index is 13.1. The fourth-order valence-electron chi connectivity index (χ4n) is 3.09. The number of carbonyl (C=O) groups is 2. The average molecular weight is 475 g/mol. The van der Waals surface area contributed by atoms with E-state index in [9.17, 15) is 9.59 Å². The first-order chi connectivity index (χ1) is 16.5. The van der Waals surface area contributed by atoms with E-state index >= 15 is 0 Å². The Kier molecular flexibility index (Phi) is 7.28. The second-order valence-corrected chi connectivity index (χ2v) is 8.15. The molecule has 2 aromatic carbocycles. The van der Waals surface area contributed by atoms with E-state index in [4.69, 9.17) is 4.74 Å². The van der Waals surface area contributed by atoms with Gasteiger partial charge in [-0.1, -0.05) is 34.7 Å². The van der Waals surface area contributed by atoms with Crippen LogP contribution in [0.2, 0.25) is 0 Å². The van der Waals surface area contributed by atoms with Crippen LogP contribution in [-0.4, -0.2) is 43.4 Å². The van der Waals surface area contributed by atoms with E-state index in [1.165, 1.54) is 11.8 Å². The Balaban J connectivity index is 1.59. The van der Waals surface area contributed by atoms with Crippen LogP contribution in [0.25, 0.3) is 5.69 Å². The molecule has 0 radical (unpaired) electrons. The Morgan fingerprint density at radius 1 is 1.03 bits per heavy atom. The first kappa shape index (κ1) is 23.1. The summed E-state index contributed by atoms with van der Waals surface area (Å²) in [5.74, 6) is -0.439. The third kappa shape index (κ3) is 5.46. The molecule has 0 spiro atoms. The Hall–Kier alpha value is -4.05. The summed E-state index contributed by atoms with van der Waals surface area (Å²) >= 11 is 1.38. The van der Waals surface area contributed by atoms with Crippen molar-refractivity contribution in [3.63, 3.8) is 0 Å². The monoisotopic (exact) mass is 474 g/mol. The summed E-state index contributed by atoms with van der Waals surface area (Å²) in [5, 5.41) is 11.8. The van der Waals surface area contributed by atoms with Crippen molar-refractivity contribution in [3.8, 4) is 5.69 Å². The summed E-state index contributed by atoms with van der Waals surface area (Å²) in [6.45, 7) is 4.04. The van der Waals surface area contributed by atoms with Gasteiger partial charge in [-0.15, -0.1) is 5.10 Å². The Morgan fingerprint density at radius 3 is 2.41 bits per heavy atom. The molecule has 9 nitrogen and oxygen atoms in total. The van der Waals surface area contributed by atoms with E-state index in [1.807, 2.05) is 31.2 Å². The fraction of sp³-hybridized carbons (Fsp3) is 0.167. The predicted molar refractivity (Wildman–Crippen MR) is 128 cm³/mol. The minimum atomic E-state index is -0.413. The lowest BCUT2D eigenvalue weighted by Gasteiger charge is -2.09. The molecule has 4 aromatic rings. The number of rotatable bonds is 8. The smallest absolute Gasteiger partial charge is 0.338 e. The molecule has 0 saturated carbocycles. The van der Waals surface area contributed by atoms with Crippen LogP contribution in [0.4, 0.5) is 5.69 Å². The van der Waals surface area contributed by atoms with Crippen molar-refractivity contribution in [2.75, 3.05) is 11.9 Å². The van der Waals surface area contributed by atoms with Gasteiger partial charge in [-0.2, -0.15) is 0 Å². The Morgan fingerprint density at radius 2 is 1.74 bits per heavy atom. The molecule has 10 heteroatoms. The van der Waals surface area contributed by atoms with E-state index < -0.39 is 11.9 Å². The number of thioether (sulfide) groups is 1. The van der Waals surface area contributed by atoms with Crippen LogP contribution in [0.15, 0.2) is 72.1 Å². The maximum atomic E-state index is 13.1. The SMILES string of the molecule is CCOC(=O)c1ccc(NC(=O)c2nnn(-c3ccc(C)cc3)c2CSc2ncccn2)cc1. The van der Waals surface area contributed by atoms with Gasteiger partial charge in [-0.3, -0.25) is 4.79 Å². The number of ether oxygens (including phenoxy) is 1. The number of aryl methyl sites for hydroxylation is 1. The molecule has 0 aliphatic carbocycles. The van der Waals surface area contributed by atoms with Crippen molar-refractivity contribution in [1.82, 2.24) is 25.0 Å². The van der Waals surface area contributed by atoms with Crippen LogP contribution in [0, 0.1) is 6.92 Å². The number of nitrogens with one attached hydrogen (secondary N) is 1. The zero-order valence-electron chi connectivity index (χ0n) is 18.6. The fourth-order valence-corrected chi connectivity index (χ4v) is 3.88. The zero-order chi connectivity index (χ0) is 23.9. The van der Waals surface area contributed by atoms with E-state index in [0.29, 0.717) is 34.5 Å². The number of amides is 1. The van der Waals surface area contributed by atoms with Gasteiger partial charge in [-0.05, 0) is 56.3 Å². The molecule has 0 aliphatic heterocycles. The first-order valence-electron chi connectivity index (χ1n) is 10.5. The summed E-state index contributed by atoms with van der Waals surface area (Å²) in [6, 6.07) is 16.0. The molecule has 172 valence electrons. The number of carbonyl (C=O) groups excluding carboxylic acids is 2. The van der Waals surface area contributed by atoms with Crippen LogP contribution in [0.1, 0.15) is 39.0 Å². The number of benzene rings is 2. The second-order valence-electron chi connectivity index (χ2n) is 7.20. The molecule has 0 fully saturated rings. The van der Waals surface area contributed by atoms with Crippen molar-refractivity contribution in [2.45, 2.75) is 24.8 Å². The lowest BCUT2D eigenvalue weighted by Crippen LogP contribution is -2.15. The summed E-state index contributed by atoms with van der Waals surface area (Å²) in [4.78, 5) is 33.4. The Bertz CT molecular complexity index is 1270. The molecule has 1 amide bonds. The lowest BCUT2D eigenvalue weighted by atomic mass is 10.2. The third-order valence-corrected chi connectivity index (χ3v) is 5.68. The molecule has 4 rings (SSSR count). The van der Waals surface area contributed by atoms with Gasteiger partial charge in [-0.25, -0.2) is 19.4 Å². The lowest BCUT2D eigenvalue weighted by molar-refractivity contribution is 0.0526. The molecule has 0 saturated heterocycles. The number of nitrogens with zero attached hydrogens (tertiary/aromatic N) is 5. The van der Waals surface area contributed by atoms with Gasteiger partial charge < -0.3 is 10.1 Å². The normalized spacial score (nSPS) is 10.6. The summed E-state index contributed by atoms with van der Waals surface area (Å²) in [6.07, 6.45) is 3.33. The van der Waals surface area contributed by atoms with Crippen LogP contribution < -0.4 is 5.32 Å². The minimum absolute atomic E-state index is 0.193. The molecular weight excluding hydrogens is 452 g/mol. The zero-order valence-corrected chi connectivity index (χ0v) is 19.5. The van der Waals surface area contributed by atoms with Crippen molar-refractivity contribution in [3.05, 3.63) is 89.5 Å². The van der Waals surface area contributed by atoms with Gasteiger partial charge in [0.05, 0.1) is 23.6 Å². The molecule has 0 atom stereocenters. The van der Waals surface area contributed by atoms with E-state index in [0.717, 1.165) is 11.3 Å². The van der Waals surface area contributed by atoms with Gasteiger partial charge >= 0.3 is 5.97 Å². The number of hydrogen-bond acceptors (Lipinski definition) is 8. The summed E-state index contributed by atoms with van der Waals surface area (Å²) in [7, 11) is 0. The molecule has 0 aliphatic rings. The van der Waals surface area contributed by atoms with Crippen LogP contribution >= 0.6 is 11.8 Å². The molecule has 1 N–H and O–H groups in total. The standard InChI is InChI=1S/C24H22N6O3S/c1-3-33-23(32)17-7-9-18(10-8-17)27-22(31)21-20(15-34-24-25-13-4-14-26-24)30(29-28-21)19-11-5-16(2)6-12-19/h4-14H,3,15H2,1-2H3,(H,27,31). The molecule has 34 heavy (non-hydrogen) atoms. The highest BCUT2D eigenvalue weighted by Crippen LogP contribution is 2.24. The number of anilines is 1. The van der Waals surface area contributed by atoms with Gasteiger partial charge in [0.15, 0.2) is 10.9 Å². The van der Waals surface area contributed by atoms with Crippen LogP contribution in [-0.2, 0) is 10.5 Å². The van der Waals surface area contributed by atoms with Gasteiger partial charge in [0.25, 0.3) is 5.91 Å². The highest BCUT2D eigenvalue weighted by Gasteiger charge is 2.21. The molecular formula is C24H22N6O3S. The van der Waals surface area contributed by atoms with Crippen molar-refractivity contribution in [2.24, 2.45) is 0 Å². The number of aromatic nitrogens is 5. The first-order valence-corrected chi connectivity index (χ1v) is 11.5. The van der Waals surface area contributed by atoms with Crippen molar-refractivity contribution < 1.29 is 14.3 Å². The van der Waals surface area contributed by atoms with Crippen molar-refractivity contribution >= 4 is 29.3 Å². The average Bonchev–Trinajstić information content (AvgIpc) is 3.28. The largest absolute Gasteiger partial charge is 0.462 e. The quantitative estimate of drug-likeness (QED) is 0.231. The minimum Gasteiger partial charge on any atom is -0.462 e. The molecule has 2 heterocycles. The number of hydrogen-bond donors (Lipinski definition) is 1. The predicted octanol–water partition coefficient (Wildman–Crippen LogP) is 4.09. The van der Waals surface area contributed by atoms with Crippen molar-refractivity contribution in [1.29, 1.82) is 0 Å². The van der Waals surface area contributed by atoms with E-state index in [1.54, 1.807) is 54.3 Å². The summed E-state index contributed by atoms with van der Waals surface area (Å²) < 4.78 is 6.64. The third-order valence-electron chi connectivity index (χ3n) is 4.79. The highest BCUT2D eigenvalue weighted by molar-refractivity contribution is 7.98. The highest BCUT2D eigenvalue weighted by atomic mass is 32.2. The summed E-state index contributed by atoms with van der Waals surface area (Å²) in [5.41, 5.74) is 3.64. The van der Waals surface area contributed by atoms with Crippen LogP contribution in [0.5, 0.6) is 0 Å². The van der Waals surface area contributed by atoms with E-state index in [-0.39, 0.29) is 5.69 Å². The Labute approximate surface area is 200 Å². The van der Waals surface area contributed by atoms with Gasteiger partial charge in [0, 0.05) is 23.8 Å². The topological polar surface area (TPSA) is 112 Å². The van der Waals surface area contributed by atoms with Crippen LogP contribution in [0.3, 0.4) is 0 Å². The molecule has 0 bridgehead atoms. The second kappa shape index (κ2) is 10.7. The maximum Gasteiger partial charge on any atom is 0.338 e. The van der Waals surface area contributed by atoms with E-state index in [2.05, 4.69) is 25.6 Å². The number of esters is 1. The molecule has 0 unspecified atom stereocenters. The van der Waals surface area contributed by atoms with Gasteiger partial charge in [0.2, 0.25) is 0 Å².